The standard InChI is InChI=1S/C11H18/c1-7-9(4)11(6)10(5)8(2)3/h11H,1H2,2-6H3. The van der Waals surface area contributed by atoms with E-state index in [1.165, 1.54) is 16.7 Å². The molecule has 0 saturated heterocycles. The zero-order chi connectivity index (χ0) is 9.02. The monoisotopic (exact) mass is 150 g/mol. The molecule has 0 radical (unpaired) electrons. The van der Waals surface area contributed by atoms with Crippen molar-refractivity contribution in [2.75, 3.05) is 0 Å². The second-order valence-corrected chi connectivity index (χ2v) is 3.26. The van der Waals surface area contributed by atoms with Crippen molar-refractivity contribution in [2.45, 2.75) is 34.6 Å². The molecule has 0 aromatic heterocycles. The average Bonchev–Trinajstić information content (AvgIpc) is 2.00. The predicted molar refractivity (Wildman–Crippen MR) is 51.5 cm³/mol. The Morgan fingerprint density at radius 1 is 1.18 bits per heavy atom. The van der Waals surface area contributed by atoms with Crippen molar-refractivity contribution in [3.8, 4) is 0 Å². The molecule has 0 nitrogen and oxygen atoms in total. The lowest BCUT2D eigenvalue weighted by atomic mass is 9.93. The molecular formula is C11H18. The maximum atomic E-state index is 3.64. The molecule has 0 spiro atoms. The molecule has 1 atom stereocenters. The van der Waals surface area contributed by atoms with Crippen LogP contribution in [0.25, 0.3) is 0 Å². The topological polar surface area (TPSA) is 0 Å². The molecule has 0 amide bonds. The minimum atomic E-state index is 0.498. The minimum Gasteiger partial charge on any atom is -0.129 e. The summed E-state index contributed by atoms with van der Waals surface area (Å²) in [6.45, 7) is 14.4. The molecule has 0 heterocycles. The highest BCUT2D eigenvalue weighted by molar-refractivity contribution is 5.19. The molecule has 0 aliphatic carbocycles. The molecule has 0 aromatic carbocycles. The number of hydrogen-bond acceptors (Lipinski definition) is 0. The second kappa shape index (κ2) is 4.20. The normalized spacial score (nSPS) is 11.7. The summed E-state index contributed by atoms with van der Waals surface area (Å²) in [7, 11) is 0. The highest BCUT2D eigenvalue weighted by atomic mass is 14.1. The largest absolute Gasteiger partial charge is 0.129 e. The van der Waals surface area contributed by atoms with Crippen molar-refractivity contribution >= 4 is 0 Å². The summed E-state index contributed by atoms with van der Waals surface area (Å²) in [5.74, 6) is 0.498. The van der Waals surface area contributed by atoms with Gasteiger partial charge in [-0.1, -0.05) is 24.6 Å². The first kappa shape index (κ1) is 10.3. The summed E-state index contributed by atoms with van der Waals surface area (Å²) >= 11 is 0. The number of allylic oxidation sites excluding steroid dienone is 3. The Morgan fingerprint density at radius 2 is 1.64 bits per heavy atom. The molecular weight excluding hydrogens is 132 g/mol. The van der Waals surface area contributed by atoms with Gasteiger partial charge in [-0.15, -0.1) is 5.73 Å². The molecule has 0 fully saturated rings. The van der Waals surface area contributed by atoms with Gasteiger partial charge >= 0.3 is 0 Å². The van der Waals surface area contributed by atoms with Gasteiger partial charge in [0.1, 0.15) is 0 Å². The maximum Gasteiger partial charge on any atom is 0.00512 e. The summed E-state index contributed by atoms with van der Waals surface area (Å²) in [6.07, 6.45) is 0. The van der Waals surface area contributed by atoms with Crippen LogP contribution >= 0.6 is 0 Å². The van der Waals surface area contributed by atoms with Gasteiger partial charge in [-0.05, 0) is 33.3 Å². The first-order valence-electron chi connectivity index (χ1n) is 4.01. The summed E-state index contributed by atoms with van der Waals surface area (Å²) in [5.41, 5.74) is 6.98. The van der Waals surface area contributed by atoms with Crippen molar-refractivity contribution < 1.29 is 0 Å². The fraction of sp³-hybridized carbons (Fsp3) is 0.545. The second-order valence-electron chi connectivity index (χ2n) is 3.26. The third kappa shape index (κ3) is 2.78. The van der Waals surface area contributed by atoms with Crippen LogP contribution in [0, 0.1) is 5.92 Å². The van der Waals surface area contributed by atoms with Crippen LogP contribution in [0.1, 0.15) is 34.6 Å². The van der Waals surface area contributed by atoms with Gasteiger partial charge in [0.2, 0.25) is 0 Å². The van der Waals surface area contributed by atoms with E-state index in [-0.39, 0.29) is 0 Å². The summed E-state index contributed by atoms with van der Waals surface area (Å²) in [4.78, 5) is 0. The van der Waals surface area contributed by atoms with E-state index in [1.807, 2.05) is 0 Å². The van der Waals surface area contributed by atoms with E-state index in [1.54, 1.807) is 0 Å². The Kier molecular flexibility index (Phi) is 3.92. The SMILES string of the molecule is C=C=C(C)C(C)C(C)=C(C)C. The Morgan fingerprint density at radius 3 is 1.91 bits per heavy atom. The van der Waals surface area contributed by atoms with Crippen molar-refractivity contribution in [3.63, 3.8) is 0 Å². The van der Waals surface area contributed by atoms with Crippen LogP contribution in [0.5, 0.6) is 0 Å². The maximum absolute atomic E-state index is 3.64. The predicted octanol–water partition coefficient (Wildman–Crippen LogP) is 3.71. The van der Waals surface area contributed by atoms with E-state index >= 15 is 0 Å². The van der Waals surface area contributed by atoms with Gasteiger partial charge < -0.3 is 0 Å². The molecule has 1 unspecified atom stereocenters. The van der Waals surface area contributed by atoms with Crippen LogP contribution < -0.4 is 0 Å². The van der Waals surface area contributed by atoms with E-state index in [2.05, 4.69) is 46.9 Å². The van der Waals surface area contributed by atoms with Gasteiger partial charge in [0.05, 0.1) is 0 Å². The molecule has 0 rings (SSSR count). The molecule has 0 aliphatic rings. The first-order chi connectivity index (χ1) is 5.00. The van der Waals surface area contributed by atoms with Crippen LogP contribution in [0.2, 0.25) is 0 Å². The lowest BCUT2D eigenvalue weighted by molar-refractivity contribution is 0.788. The van der Waals surface area contributed by atoms with Gasteiger partial charge in [-0.3, -0.25) is 0 Å². The third-order valence-corrected chi connectivity index (χ3v) is 2.37. The molecule has 0 saturated carbocycles. The van der Waals surface area contributed by atoms with Gasteiger partial charge in [0.15, 0.2) is 0 Å². The lowest BCUT2D eigenvalue weighted by Gasteiger charge is -2.12. The van der Waals surface area contributed by atoms with Crippen LogP contribution in [0.3, 0.4) is 0 Å². The fourth-order valence-electron chi connectivity index (χ4n) is 0.911. The van der Waals surface area contributed by atoms with E-state index in [0.717, 1.165) is 0 Å². The van der Waals surface area contributed by atoms with Crippen molar-refractivity contribution in [2.24, 2.45) is 5.92 Å². The molecule has 0 bridgehead atoms. The van der Waals surface area contributed by atoms with Crippen LogP contribution in [-0.2, 0) is 0 Å². The Balaban J connectivity index is 4.64. The van der Waals surface area contributed by atoms with Gasteiger partial charge in [0.25, 0.3) is 0 Å². The average molecular weight is 150 g/mol. The van der Waals surface area contributed by atoms with E-state index in [4.69, 9.17) is 0 Å². The van der Waals surface area contributed by atoms with Crippen LogP contribution in [0.4, 0.5) is 0 Å². The zero-order valence-corrected chi connectivity index (χ0v) is 8.28. The first-order valence-corrected chi connectivity index (χ1v) is 4.01. The number of rotatable bonds is 2. The highest BCUT2D eigenvalue weighted by Crippen LogP contribution is 2.20. The van der Waals surface area contributed by atoms with Crippen molar-refractivity contribution in [3.05, 3.63) is 29.0 Å². The molecule has 62 valence electrons. The molecule has 0 aromatic rings. The highest BCUT2D eigenvalue weighted by Gasteiger charge is 2.06. The smallest absolute Gasteiger partial charge is 0.00512 e. The quantitative estimate of drug-likeness (QED) is 0.416. The van der Waals surface area contributed by atoms with Gasteiger partial charge in [0, 0.05) is 5.92 Å². The molecule has 11 heavy (non-hydrogen) atoms. The van der Waals surface area contributed by atoms with Gasteiger partial charge in [-0.25, -0.2) is 0 Å². The van der Waals surface area contributed by atoms with Crippen LogP contribution in [-0.4, -0.2) is 0 Å². The fourth-order valence-corrected chi connectivity index (χ4v) is 0.911. The lowest BCUT2D eigenvalue weighted by Crippen LogP contribution is -1.98. The van der Waals surface area contributed by atoms with Crippen molar-refractivity contribution in [1.82, 2.24) is 0 Å². The molecule has 0 heteroatoms. The minimum absolute atomic E-state index is 0.498. The van der Waals surface area contributed by atoms with Crippen LogP contribution in [0.15, 0.2) is 29.0 Å². The number of hydrogen-bond donors (Lipinski definition) is 0. The summed E-state index contributed by atoms with van der Waals surface area (Å²) in [6, 6.07) is 0. The Bertz CT molecular complexity index is 208. The molecule has 0 N–H and O–H groups in total. The van der Waals surface area contributed by atoms with Crippen molar-refractivity contribution in [1.29, 1.82) is 0 Å². The third-order valence-electron chi connectivity index (χ3n) is 2.37. The van der Waals surface area contributed by atoms with E-state index in [9.17, 15) is 0 Å². The molecule has 0 aliphatic heterocycles. The summed E-state index contributed by atoms with van der Waals surface area (Å²) in [5, 5.41) is 0. The van der Waals surface area contributed by atoms with E-state index < -0.39 is 0 Å². The van der Waals surface area contributed by atoms with Gasteiger partial charge in [-0.2, -0.15) is 0 Å². The summed E-state index contributed by atoms with van der Waals surface area (Å²) < 4.78 is 0. The Hall–Kier alpha value is -0.740. The van der Waals surface area contributed by atoms with E-state index in [0.29, 0.717) is 5.92 Å². The zero-order valence-electron chi connectivity index (χ0n) is 8.28. The Labute approximate surface area is 70.3 Å².